The second-order valence-corrected chi connectivity index (χ2v) is 9.17. The topological polar surface area (TPSA) is 70.7 Å². The van der Waals surface area contributed by atoms with Crippen LogP contribution in [-0.2, 0) is 4.79 Å². The SMILES string of the molecule is Cc1ccc(C)c(OCCCC(C)(C)C(=O)NC(=S)Nc2ccccc2C(=O)N(C)C)c1. The molecular formula is C25H33N3O3S. The van der Waals surface area contributed by atoms with Crippen molar-refractivity contribution in [2.75, 3.05) is 26.0 Å². The van der Waals surface area contributed by atoms with E-state index in [2.05, 4.69) is 16.7 Å². The number of hydrogen-bond donors (Lipinski definition) is 2. The van der Waals surface area contributed by atoms with Gasteiger partial charge < -0.3 is 20.3 Å². The average molecular weight is 456 g/mol. The summed E-state index contributed by atoms with van der Waals surface area (Å²) >= 11 is 5.33. The maximum absolute atomic E-state index is 12.8. The summed E-state index contributed by atoms with van der Waals surface area (Å²) in [4.78, 5) is 26.7. The van der Waals surface area contributed by atoms with Crippen molar-refractivity contribution in [1.82, 2.24) is 10.2 Å². The minimum Gasteiger partial charge on any atom is -0.493 e. The van der Waals surface area contributed by atoms with E-state index in [1.807, 2.05) is 39.8 Å². The molecule has 0 fully saturated rings. The normalized spacial score (nSPS) is 10.9. The number of nitrogens with zero attached hydrogens (tertiary/aromatic N) is 1. The van der Waals surface area contributed by atoms with E-state index in [1.165, 1.54) is 4.90 Å². The number of benzene rings is 2. The molecule has 2 aromatic carbocycles. The highest BCUT2D eigenvalue weighted by atomic mass is 32.1. The van der Waals surface area contributed by atoms with E-state index in [1.54, 1.807) is 38.4 Å². The summed E-state index contributed by atoms with van der Waals surface area (Å²) in [6.45, 7) is 8.35. The molecule has 7 heteroatoms. The van der Waals surface area contributed by atoms with Gasteiger partial charge in [-0.1, -0.05) is 38.1 Å². The first-order valence-corrected chi connectivity index (χ1v) is 11.1. The number of carbonyl (C=O) groups is 2. The first-order chi connectivity index (χ1) is 15.0. The molecule has 0 radical (unpaired) electrons. The predicted molar refractivity (Wildman–Crippen MR) is 133 cm³/mol. The van der Waals surface area contributed by atoms with Crippen LogP contribution < -0.4 is 15.4 Å². The molecule has 0 aromatic heterocycles. The van der Waals surface area contributed by atoms with Gasteiger partial charge in [0.15, 0.2) is 5.11 Å². The third-order valence-electron chi connectivity index (χ3n) is 5.20. The van der Waals surface area contributed by atoms with Crippen LogP contribution in [0.25, 0.3) is 0 Å². The lowest BCUT2D eigenvalue weighted by molar-refractivity contribution is -0.128. The Kier molecular flexibility index (Phi) is 8.78. The van der Waals surface area contributed by atoms with Crippen molar-refractivity contribution in [3.05, 3.63) is 59.2 Å². The molecule has 0 saturated heterocycles. The van der Waals surface area contributed by atoms with Crippen LogP contribution in [0.1, 0.15) is 48.2 Å². The maximum Gasteiger partial charge on any atom is 0.255 e. The minimum absolute atomic E-state index is 0.147. The van der Waals surface area contributed by atoms with E-state index >= 15 is 0 Å². The highest BCUT2D eigenvalue weighted by molar-refractivity contribution is 7.80. The molecule has 0 unspecified atom stereocenters. The second kappa shape index (κ2) is 11.1. The Bertz CT molecular complexity index is 986. The predicted octanol–water partition coefficient (Wildman–Crippen LogP) is 4.70. The number of para-hydroxylation sites is 1. The Morgan fingerprint density at radius 1 is 1.09 bits per heavy atom. The van der Waals surface area contributed by atoms with Gasteiger partial charge in [0, 0.05) is 19.5 Å². The molecule has 0 spiro atoms. The number of hydrogen-bond acceptors (Lipinski definition) is 4. The standard InChI is InChI=1S/C25H33N3O3S/c1-17-12-13-18(2)21(16-17)31-15-9-14-25(3,4)23(30)27-24(32)26-20-11-8-7-10-19(20)22(29)28(5)6/h7-8,10-13,16H,9,14-15H2,1-6H3,(H2,26,27,30,32). The van der Waals surface area contributed by atoms with Crippen LogP contribution in [0.4, 0.5) is 5.69 Å². The zero-order valence-corrected chi connectivity index (χ0v) is 20.6. The summed E-state index contributed by atoms with van der Waals surface area (Å²) in [6.07, 6.45) is 1.37. The second-order valence-electron chi connectivity index (χ2n) is 8.76. The molecule has 0 heterocycles. The molecule has 0 bridgehead atoms. The van der Waals surface area contributed by atoms with Crippen LogP contribution in [-0.4, -0.2) is 42.5 Å². The first kappa shape index (κ1) is 25.3. The molecule has 2 N–H and O–H groups in total. The zero-order chi connectivity index (χ0) is 23.9. The van der Waals surface area contributed by atoms with Crippen molar-refractivity contribution in [3.8, 4) is 5.75 Å². The van der Waals surface area contributed by atoms with Crippen molar-refractivity contribution in [3.63, 3.8) is 0 Å². The van der Waals surface area contributed by atoms with Crippen molar-refractivity contribution in [1.29, 1.82) is 0 Å². The van der Waals surface area contributed by atoms with Crippen LogP contribution in [0.5, 0.6) is 5.75 Å². The Morgan fingerprint density at radius 3 is 2.47 bits per heavy atom. The fourth-order valence-corrected chi connectivity index (χ4v) is 3.32. The molecule has 2 amide bonds. The van der Waals surface area contributed by atoms with Gasteiger partial charge in [-0.3, -0.25) is 9.59 Å². The van der Waals surface area contributed by atoms with Crippen molar-refractivity contribution >= 4 is 34.8 Å². The summed E-state index contributed by atoms with van der Waals surface area (Å²) in [6, 6.07) is 13.2. The van der Waals surface area contributed by atoms with E-state index in [-0.39, 0.29) is 16.9 Å². The first-order valence-electron chi connectivity index (χ1n) is 10.6. The molecule has 0 atom stereocenters. The molecule has 0 aliphatic rings. The van der Waals surface area contributed by atoms with Crippen LogP contribution >= 0.6 is 12.2 Å². The molecule has 32 heavy (non-hydrogen) atoms. The molecule has 2 aromatic rings. The Labute approximate surface area is 196 Å². The summed E-state index contributed by atoms with van der Waals surface area (Å²) < 4.78 is 5.90. The smallest absolute Gasteiger partial charge is 0.255 e. The average Bonchev–Trinajstić information content (AvgIpc) is 2.73. The lowest BCUT2D eigenvalue weighted by Crippen LogP contribution is -2.42. The van der Waals surface area contributed by atoms with Gasteiger partial charge in [-0.15, -0.1) is 0 Å². The van der Waals surface area contributed by atoms with Crippen LogP contribution in [0, 0.1) is 19.3 Å². The number of nitrogens with one attached hydrogen (secondary N) is 2. The summed E-state index contributed by atoms with van der Waals surface area (Å²) in [5, 5.41) is 5.89. The summed E-state index contributed by atoms with van der Waals surface area (Å²) in [7, 11) is 3.37. The van der Waals surface area contributed by atoms with Crippen molar-refractivity contribution < 1.29 is 14.3 Å². The van der Waals surface area contributed by atoms with Crippen LogP contribution in [0.3, 0.4) is 0 Å². The molecular weight excluding hydrogens is 422 g/mol. The van der Waals surface area contributed by atoms with Gasteiger partial charge in [-0.25, -0.2) is 0 Å². The van der Waals surface area contributed by atoms with Crippen LogP contribution in [0.15, 0.2) is 42.5 Å². The molecule has 2 rings (SSSR count). The fraction of sp³-hybridized carbons (Fsp3) is 0.400. The van der Waals surface area contributed by atoms with E-state index in [4.69, 9.17) is 17.0 Å². The largest absolute Gasteiger partial charge is 0.493 e. The van der Waals surface area contributed by atoms with E-state index in [0.29, 0.717) is 24.3 Å². The van der Waals surface area contributed by atoms with Gasteiger partial charge in [-0.05, 0) is 68.2 Å². The Balaban J connectivity index is 1.89. The van der Waals surface area contributed by atoms with Crippen LogP contribution in [0.2, 0.25) is 0 Å². The van der Waals surface area contributed by atoms with Gasteiger partial charge in [0.1, 0.15) is 5.75 Å². The van der Waals surface area contributed by atoms with Gasteiger partial charge >= 0.3 is 0 Å². The number of thiocarbonyl (C=S) groups is 1. The number of rotatable bonds is 8. The lowest BCUT2D eigenvalue weighted by Gasteiger charge is -2.24. The van der Waals surface area contributed by atoms with Crippen molar-refractivity contribution in [2.45, 2.75) is 40.5 Å². The van der Waals surface area contributed by atoms with E-state index in [0.717, 1.165) is 23.3 Å². The number of carbonyl (C=O) groups excluding carboxylic acids is 2. The minimum atomic E-state index is -0.629. The maximum atomic E-state index is 12.8. The number of amides is 2. The van der Waals surface area contributed by atoms with Gasteiger partial charge in [0.2, 0.25) is 5.91 Å². The molecule has 6 nitrogen and oxygen atoms in total. The van der Waals surface area contributed by atoms with Gasteiger partial charge in [0.05, 0.1) is 17.9 Å². The Morgan fingerprint density at radius 2 is 1.78 bits per heavy atom. The highest BCUT2D eigenvalue weighted by Crippen LogP contribution is 2.24. The highest BCUT2D eigenvalue weighted by Gasteiger charge is 2.28. The van der Waals surface area contributed by atoms with Gasteiger partial charge in [0.25, 0.3) is 5.91 Å². The molecule has 172 valence electrons. The zero-order valence-electron chi connectivity index (χ0n) is 19.7. The van der Waals surface area contributed by atoms with E-state index in [9.17, 15) is 9.59 Å². The number of aryl methyl sites for hydroxylation is 2. The summed E-state index contributed by atoms with van der Waals surface area (Å²) in [5.74, 6) is 0.549. The fourth-order valence-electron chi connectivity index (χ4n) is 3.12. The third kappa shape index (κ3) is 7.05. The third-order valence-corrected chi connectivity index (χ3v) is 5.41. The quantitative estimate of drug-likeness (QED) is 0.446. The summed E-state index contributed by atoms with van der Waals surface area (Å²) in [5.41, 5.74) is 2.65. The lowest BCUT2D eigenvalue weighted by atomic mass is 9.87. The molecule has 0 saturated carbocycles. The van der Waals surface area contributed by atoms with E-state index < -0.39 is 5.41 Å². The number of ether oxygens (including phenoxy) is 1. The number of anilines is 1. The molecule has 0 aliphatic heterocycles. The van der Waals surface area contributed by atoms with Crippen molar-refractivity contribution in [2.24, 2.45) is 5.41 Å². The van der Waals surface area contributed by atoms with Gasteiger partial charge in [-0.2, -0.15) is 0 Å². The molecule has 0 aliphatic carbocycles. The monoisotopic (exact) mass is 455 g/mol. The Hall–Kier alpha value is -2.93.